The van der Waals surface area contributed by atoms with Gasteiger partial charge in [-0.15, -0.1) is 0 Å². The van der Waals surface area contributed by atoms with Gasteiger partial charge in [-0.3, -0.25) is 4.79 Å². The first-order valence-corrected chi connectivity index (χ1v) is 9.74. The van der Waals surface area contributed by atoms with Gasteiger partial charge >= 0.3 is 5.97 Å². The average molecular weight is 395 g/mol. The third kappa shape index (κ3) is 7.82. The van der Waals surface area contributed by atoms with E-state index >= 15 is 0 Å². The third-order valence-electron chi connectivity index (χ3n) is 4.35. The molecule has 0 saturated carbocycles. The van der Waals surface area contributed by atoms with E-state index in [-0.39, 0.29) is 18.6 Å². The first-order valence-electron chi connectivity index (χ1n) is 9.74. The van der Waals surface area contributed by atoms with Crippen molar-refractivity contribution in [1.29, 1.82) is 0 Å². The van der Waals surface area contributed by atoms with Crippen molar-refractivity contribution in [3.05, 3.63) is 71.3 Å². The summed E-state index contributed by atoms with van der Waals surface area (Å²) in [6, 6.07) is 15.3. The molecule has 0 aliphatic heterocycles. The van der Waals surface area contributed by atoms with E-state index in [9.17, 15) is 9.59 Å². The van der Waals surface area contributed by atoms with E-state index < -0.39 is 5.97 Å². The predicted molar refractivity (Wildman–Crippen MR) is 115 cm³/mol. The fourth-order valence-corrected chi connectivity index (χ4v) is 2.87. The molecule has 5 heteroatoms. The second-order valence-electron chi connectivity index (χ2n) is 7.35. The summed E-state index contributed by atoms with van der Waals surface area (Å²) in [4.78, 5) is 23.9. The van der Waals surface area contributed by atoms with E-state index in [2.05, 4.69) is 31.3 Å². The Labute approximate surface area is 172 Å². The monoisotopic (exact) mass is 395 g/mol. The highest BCUT2D eigenvalue weighted by Crippen LogP contribution is 2.16. The molecule has 0 saturated heterocycles. The van der Waals surface area contributed by atoms with Gasteiger partial charge in [0.1, 0.15) is 5.75 Å². The summed E-state index contributed by atoms with van der Waals surface area (Å²) in [5.41, 5.74) is 3.09. The number of esters is 1. The Balaban J connectivity index is 1.79. The standard InChI is InChI=1S/C24H29NO4/c1-17(2)14-20-8-11-21(12-9-20)18(3)25-23(26)16-29-24(27)13-10-19-6-5-7-22(15-19)28-4/h5-13,15,17-18H,14,16H2,1-4H3,(H,25,26)/b13-10+/t18-/m1/s1. The summed E-state index contributed by atoms with van der Waals surface area (Å²) >= 11 is 0. The van der Waals surface area contributed by atoms with Gasteiger partial charge in [-0.1, -0.05) is 50.2 Å². The molecule has 0 aromatic heterocycles. The highest BCUT2D eigenvalue weighted by atomic mass is 16.5. The molecular weight excluding hydrogens is 366 g/mol. The fourth-order valence-electron chi connectivity index (χ4n) is 2.87. The Morgan fingerprint density at radius 2 is 1.79 bits per heavy atom. The van der Waals surface area contributed by atoms with Crippen molar-refractivity contribution in [2.45, 2.75) is 33.2 Å². The highest BCUT2D eigenvalue weighted by molar-refractivity contribution is 5.89. The van der Waals surface area contributed by atoms with Crippen LogP contribution >= 0.6 is 0 Å². The molecule has 0 spiro atoms. The van der Waals surface area contributed by atoms with E-state index in [0.717, 1.165) is 17.5 Å². The Morgan fingerprint density at radius 3 is 2.45 bits per heavy atom. The molecule has 0 fully saturated rings. The van der Waals surface area contributed by atoms with E-state index in [4.69, 9.17) is 9.47 Å². The molecule has 2 aromatic rings. The van der Waals surface area contributed by atoms with Crippen molar-refractivity contribution >= 4 is 18.0 Å². The van der Waals surface area contributed by atoms with Crippen LogP contribution < -0.4 is 10.1 Å². The van der Waals surface area contributed by atoms with E-state index in [0.29, 0.717) is 11.7 Å². The zero-order valence-electron chi connectivity index (χ0n) is 17.5. The van der Waals surface area contributed by atoms with E-state index in [1.54, 1.807) is 19.3 Å². The minimum atomic E-state index is -0.575. The number of ether oxygens (including phenoxy) is 2. The molecule has 154 valence electrons. The van der Waals surface area contributed by atoms with Crippen molar-refractivity contribution in [2.24, 2.45) is 5.92 Å². The number of hydrogen-bond donors (Lipinski definition) is 1. The lowest BCUT2D eigenvalue weighted by molar-refractivity contribution is -0.144. The number of amides is 1. The summed E-state index contributed by atoms with van der Waals surface area (Å²) in [6.07, 6.45) is 3.93. The molecule has 0 bridgehead atoms. The molecule has 0 radical (unpaired) electrons. The molecule has 1 N–H and O–H groups in total. The van der Waals surface area contributed by atoms with Crippen LogP contribution in [-0.4, -0.2) is 25.6 Å². The predicted octanol–water partition coefficient (Wildman–Crippen LogP) is 4.33. The van der Waals surface area contributed by atoms with Crippen molar-refractivity contribution in [3.63, 3.8) is 0 Å². The first-order chi connectivity index (χ1) is 13.9. The van der Waals surface area contributed by atoms with Crippen LogP contribution in [0.5, 0.6) is 5.75 Å². The normalized spacial score (nSPS) is 12.0. The molecule has 0 unspecified atom stereocenters. The fraction of sp³-hybridized carbons (Fsp3) is 0.333. The lowest BCUT2D eigenvalue weighted by atomic mass is 10.00. The minimum absolute atomic E-state index is 0.165. The van der Waals surface area contributed by atoms with Crippen molar-refractivity contribution < 1.29 is 19.1 Å². The van der Waals surface area contributed by atoms with Crippen LogP contribution in [0, 0.1) is 5.92 Å². The van der Waals surface area contributed by atoms with Gasteiger partial charge in [-0.2, -0.15) is 0 Å². The van der Waals surface area contributed by atoms with Crippen LogP contribution in [0.2, 0.25) is 0 Å². The zero-order chi connectivity index (χ0) is 21.2. The van der Waals surface area contributed by atoms with Crippen LogP contribution in [-0.2, 0) is 20.7 Å². The number of carbonyl (C=O) groups excluding carboxylic acids is 2. The maximum absolute atomic E-state index is 12.1. The Hall–Kier alpha value is -3.08. The Morgan fingerprint density at radius 1 is 1.07 bits per heavy atom. The van der Waals surface area contributed by atoms with Gasteiger partial charge in [0, 0.05) is 6.08 Å². The number of carbonyl (C=O) groups is 2. The second kappa shape index (κ2) is 11.1. The quantitative estimate of drug-likeness (QED) is 0.507. The molecule has 1 amide bonds. The van der Waals surface area contributed by atoms with Crippen molar-refractivity contribution in [2.75, 3.05) is 13.7 Å². The lowest BCUT2D eigenvalue weighted by Gasteiger charge is -2.15. The number of benzene rings is 2. The average Bonchev–Trinajstić information content (AvgIpc) is 2.71. The summed E-state index contributed by atoms with van der Waals surface area (Å²) in [7, 11) is 1.58. The van der Waals surface area contributed by atoms with Crippen LogP contribution in [0.25, 0.3) is 6.08 Å². The Kier molecular flexibility index (Phi) is 8.46. The van der Waals surface area contributed by atoms with Gasteiger partial charge in [-0.25, -0.2) is 4.79 Å². The van der Waals surface area contributed by atoms with E-state index in [1.807, 2.05) is 37.3 Å². The van der Waals surface area contributed by atoms with Gasteiger partial charge in [0.05, 0.1) is 13.2 Å². The molecule has 0 heterocycles. The summed E-state index contributed by atoms with van der Waals surface area (Å²) in [6.45, 7) is 5.95. The summed E-state index contributed by atoms with van der Waals surface area (Å²) < 4.78 is 10.1. The number of rotatable bonds is 9. The third-order valence-corrected chi connectivity index (χ3v) is 4.35. The molecule has 0 aliphatic rings. The second-order valence-corrected chi connectivity index (χ2v) is 7.35. The first kappa shape index (κ1) is 22.2. The van der Waals surface area contributed by atoms with Crippen LogP contribution in [0.1, 0.15) is 43.5 Å². The summed E-state index contributed by atoms with van der Waals surface area (Å²) in [5.74, 6) is 0.386. The molecule has 1 atom stereocenters. The van der Waals surface area contributed by atoms with Gasteiger partial charge in [-0.05, 0) is 54.2 Å². The molecule has 2 rings (SSSR count). The molecule has 29 heavy (non-hydrogen) atoms. The highest BCUT2D eigenvalue weighted by Gasteiger charge is 2.11. The zero-order valence-corrected chi connectivity index (χ0v) is 17.5. The Bertz CT molecular complexity index is 840. The molecule has 5 nitrogen and oxygen atoms in total. The van der Waals surface area contributed by atoms with Crippen molar-refractivity contribution in [1.82, 2.24) is 5.32 Å². The van der Waals surface area contributed by atoms with Crippen LogP contribution in [0.4, 0.5) is 0 Å². The maximum Gasteiger partial charge on any atom is 0.331 e. The SMILES string of the molecule is COc1cccc(/C=C/C(=O)OCC(=O)N[C@H](C)c2ccc(CC(C)C)cc2)c1. The molecule has 2 aromatic carbocycles. The van der Waals surface area contributed by atoms with E-state index in [1.165, 1.54) is 11.6 Å². The summed E-state index contributed by atoms with van der Waals surface area (Å²) in [5, 5.41) is 2.84. The lowest BCUT2D eigenvalue weighted by Crippen LogP contribution is -2.30. The van der Waals surface area contributed by atoms with Crippen LogP contribution in [0.15, 0.2) is 54.6 Å². The maximum atomic E-state index is 12.1. The molecule has 0 aliphatic carbocycles. The van der Waals surface area contributed by atoms with Gasteiger partial charge in [0.15, 0.2) is 6.61 Å². The van der Waals surface area contributed by atoms with Gasteiger partial charge in [0.25, 0.3) is 5.91 Å². The number of nitrogens with one attached hydrogen (secondary N) is 1. The van der Waals surface area contributed by atoms with Gasteiger partial charge < -0.3 is 14.8 Å². The van der Waals surface area contributed by atoms with Gasteiger partial charge in [0.2, 0.25) is 0 Å². The smallest absolute Gasteiger partial charge is 0.331 e. The number of methoxy groups -OCH3 is 1. The minimum Gasteiger partial charge on any atom is -0.497 e. The molecular formula is C24H29NO4. The largest absolute Gasteiger partial charge is 0.497 e. The topological polar surface area (TPSA) is 64.6 Å². The van der Waals surface area contributed by atoms with Crippen LogP contribution in [0.3, 0.4) is 0 Å². The number of hydrogen-bond acceptors (Lipinski definition) is 4. The van der Waals surface area contributed by atoms with Crippen molar-refractivity contribution in [3.8, 4) is 5.75 Å².